The van der Waals surface area contributed by atoms with Crippen molar-refractivity contribution in [3.8, 4) is 11.5 Å². The fraction of sp³-hybridized carbons (Fsp3) is 0.333. The van der Waals surface area contributed by atoms with Crippen molar-refractivity contribution < 1.29 is 19.1 Å². The summed E-state index contributed by atoms with van der Waals surface area (Å²) in [6, 6.07) is 11.9. The Bertz CT molecular complexity index is 851. The van der Waals surface area contributed by atoms with E-state index in [1.165, 1.54) is 7.11 Å². The number of nitrogens with one attached hydrogen (secondary N) is 2. The molecule has 3 amide bonds. The number of anilines is 2. The first-order valence-electron chi connectivity index (χ1n) is 9.19. The number of nitrogens with zero attached hydrogens (tertiary/aromatic N) is 1. The highest BCUT2D eigenvalue weighted by Crippen LogP contribution is 2.30. The van der Waals surface area contributed by atoms with Crippen LogP contribution in [0, 0.1) is 6.92 Å². The maximum absolute atomic E-state index is 12.8. The van der Waals surface area contributed by atoms with Crippen molar-refractivity contribution in [1.29, 1.82) is 0 Å². The number of rotatable bonds is 5. The van der Waals surface area contributed by atoms with Crippen LogP contribution in [0.3, 0.4) is 0 Å². The molecule has 1 fully saturated rings. The second kappa shape index (κ2) is 8.65. The molecule has 1 aliphatic rings. The molecule has 7 heteroatoms. The summed E-state index contributed by atoms with van der Waals surface area (Å²) in [4.78, 5) is 27.1. The van der Waals surface area contributed by atoms with Crippen LogP contribution in [-0.4, -0.2) is 43.6 Å². The zero-order chi connectivity index (χ0) is 20.1. The van der Waals surface area contributed by atoms with Crippen molar-refractivity contribution in [1.82, 2.24) is 4.90 Å². The van der Waals surface area contributed by atoms with Gasteiger partial charge in [0.1, 0.15) is 17.5 Å². The average Bonchev–Trinajstić information content (AvgIpc) is 3.20. The highest BCUT2D eigenvalue weighted by molar-refractivity contribution is 6.00. The van der Waals surface area contributed by atoms with Gasteiger partial charge in [-0.1, -0.05) is 17.7 Å². The summed E-state index contributed by atoms with van der Waals surface area (Å²) < 4.78 is 10.5. The second-order valence-electron chi connectivity index (χ2n) is 6.70. The lowest BCUT2D eigenvalue weighted by Crippen LogP contribution is -2.45. The topological polar surface area (TPSA) is 79.9 Å². The molecule has 1 heterocycles. The van der Waals surface area contributed by atoms with Crippen LogP contribution in [0.15, 0.2) is 42.5 Å². The smallest absolute Gasteiger partial charge is 0.322 e. The summed E-state index contributed by atoms with van der Waals surface area (Å²) in [5.74, 6) is 0.899. The number of likely N-dealkylation sites (tertiary alicyclic amines) is 1. The lowest BCUT2D eigenvalue weighted by Gasteiger charge is -2.24. The molecule has 28 heavy (non-hydrogen) atoms. The summed E-state index contributed by atoms with van der Waals surface area (Å²) >= 11 is 0. The van der Waals surface area contributed by atoms with Gasteiger partial charge in [0.25, 0.3) is 0 Å². The molecule has 0 aliphatic carbocycles. The predicted molar refractivity (Wildman–Crippen MR) is 108 cm³/mol. The molecular weight excluding hydrogens is 358 g/mol. The minimum absolute atomic E-state index is 0.236. The molecule has 0 saturated carbocycles. The van der Waals surface area contributed by atoms with E-state index < -0.39 is 6.04 Å². The van der Waals surface area contributed by atoms with Crippen LogP contribution < -0.4 is 20.1 Å². The van der Waals surface area contributed by atoms with Crippen LogP contribution in [0.1, 0.15) is 18.4 Å². The summed E-state index contributed by atoms with van der Waals surface area (Å²) in [5.41, 5.74) is 2.36. The Labute approximate surface area is 164 Å². The molecule has 148 valence electrons. The maximum Gasteiger partial charge on any atom is 0.322 e. The molecule has 0 spiro atoms. The molecule has 1 aliphatic heterocycles. The Hall–Kier alpha value is -3.22. The molecule has 7 nitrogen and oxygen atoms in total. The molecule has 2 aromatic carbocycles. The number of carbonyl (C=O) groups excluding carboxylic acids is 2. The van der Waals surface area contributed by atoms with E-state index in [1.807, 2.05) is 31.2 Å². The minimum atomic E-state index is -0.530. The number of ether oxygens (including phenoxy) is 2. The fourth-order valence-corrected chi connectivity index (χ4v) is 3.23. The number of benzene rings is 2. The van der Waals surface area contributed by atoms with Crippen molar-refractivity contribution >= 4 is 23.3 Å². The van der Waals surface area contributed by atoms with Gasteiger partial charge in [-0.2, -0.15) is 0 Å². The largest absolute Gasteiger partial charge is 0.497 e. The number of hydrogen-bond acceptors (Lipinski definition) is 4. The SMILES string of the molecule is COc1ccc(NC(=O)[C@@H]2CCCN2C(=O)Nc2ccc(C)cc2)c(OC)c1. The number of urea groups is 1. The van der Waals surface area contributed by atoms with Gasteiger partial charge in [-0.05, 0) is 44.0 Å². The minimum Gasteiger partial charge on any atom is -0.497 e. The Kier molecular flexibility index (Phi) is 6.03. The lowest BCUT2D eigenvalue weighted by atomic mass is 10.2. The van der Waals surface area contributed by atoms with Crippen molar-refractivity contribution in [2.45, 2.75) is 25.8 Å². The van der Waals surface area contributed by atoms with Gasteiger partial charge in [0.05, 0.1) is 19.9 Å². The Balaban J connectivity index is 1.69. The summed E-state index contributed by atoms with van der Waals surface area (Å²) in [5, 5.41) is 5.73. The quantitative estimate of drug-likeness (QED) is 0.826. The summed E-state index contributed by atoms with van der Waals surface area (Å²) in [6.07, 6.45) is 1.39. The molecule has 0 aromatic heterocycles. The van der Waals surface area contributed by atoms with E-state index in [0.29, 0.717) is 35.8 Å². The van der Waals surface area contributed by atoms with E-state index in [-0.39, 0.29) is 11.9 Å². The van der Waals surface area contributed by atoms with Gasteiger partial charge in [-0.25, -0.2) is 4.79 Å². The predicted octanol–water partition coefficient (Wildman–Crippen LogP) is 3.65. The first-order chi connectivity index (χ1) is 13.5. The highest BCUT2D eigenvalue weighted by atomic mass is 16.5. The zero-order valence-electron chi connectivity index (χ0n) is 16.3. The number of hydrogen-bond donors (Lipinski definition) is 2. The van der Waals surface area contributed by atoms with Crippen LogP contribution >= 0.6 is 0 Å². The normalized spacial score (nSPS) is 15.8. The van der Waals surface area contributed by atoms with Gasteiger partial charge in [0.2, 0.25) is 5.91 Å². The van der Waals surface area contributed by atoms with Gasteiger partial charge in [-0.3, -0.25) is 4.79 Å². The lowest BCUT2D eigenvalue weighted by molar-refractivity contribution is -0.119. The van der Waals surface area contributed by atoms with Crippen molar-refractivity contribution in [3.63, 3.8) is 0 Å². The molecule has 1 atom stereocenters. The summed E-state index contributed by atoms with van der Waals surface area (Å²) in [7, 11) is 3.09. The van der Waals surface area contributed by atoms with Gasteiger partial charge >= 0.3 is 6.03 Å². The standard InChI is InChI=1S/C21H25N3O4/c1-14-6-8-15(9-7-14)22-21(26)24-12-4-5-18(24)20(25)23-17-11-10-16(27-2)13-19(17)28-3/h6-11,13,18H,4-5,12H2,1-3H3,(H,22,26)(H,23,25)/t18-/m0/s1. The van der Waals surface area contributed by atoms with Gasteiger partial charge in [0.15, 0.2) is 0 Å². The van der Waals surface area contributed by atoms with E-state index in [1.54, 1.807) is 30.2 Å². The summed E-state index contributed by atoms with van der Waals surface area (Å²) in [6.45, 7) is 2.52. The molecule has 0 bridgehead atoms. The molecule has 3 rings (SSSR count). The number of methoxy groups -OCH3 is 2. The molecule has 2 aromatic rings. The van der Waals surface area contributed by atoms with Crippen molar-refractivity contribution in [3.05, 3.63) is 48.0 Å². The van der Waals surface area contributed by atoms with Crippen LogP contribution in [0.4, 0.5) is 16.2 Å². The van der Waals surface area contributed by atoms with E-state index in [2.05, 4.69) is 10.6 Å². The third-order valence-corrected chi connectivity index (χ3v) is 4.79. The highest BCUT2D eigenvalue weighted by Gasteiger charge is 2.34. The first kappa shape index (κ1) is 19.5. The molecule has 0 radical (unpaired) electrons. The Morgan fingerprint density at radius 1 is 1.04 bits per heavy atom. The number of carbonyl (C=O) groups is 2. The van der Waals surface area contributed by atoms with Crippen LogP contribution in [0.5, 0.6) is 11.5 Å². The van der Waals surface area contributed by atoms with Crippen LogP contribution in [0.2, 0.25) is 0 Å². The van der Waals surface area contributed by atoms with Crippen LogP contribution in [-0.2, 0) is 4.79 Å². The van der Waals surface area contributed by atoms with E-state index in [9.17, 15) is 9.59 Å². The molecular formula is C21H25N3O4. The van der Waals surface area contributed by atoms with Crippen molar-refractivity contribution in [2.75, 3.05) is 31.4 Å². The van der Waals surface area contributed by atoms with Crippen molar-refractivity contribution in [2.24, 2.45) is 0 Å². The molecule has 1 saturated heterocycles. The molecule has 2 N–H and O–H groups in total. The van der Waals surface area contributed by atoms with E-state index >= 15 is 0 Å². The third kappa shape index (κ3) is 4.36. The maximum atomic E-state index is 12.8. The van der Waals surface area contributed by atoms with Gasteiger partial charge in [0, 0.05) is 18.3 Å². The fourth-order valence-electron chi connectivity index (χ4n) is 3.23. The zero-order valence-corrected chi connectivity index (χ0v) is 16.3. The molecule has 0 unspecified atom stereocenters. The van der Waals surface area contributed by atoms with Gasteiger partial charge in [-0.15, -0.1) is 0 Å². The monoisotopic (exact) mass is 383 g/mol. The number of amides is 3. The van der Waals surface area contributed by atoms with E-state index in [0.717, 1.165) is 12.0 Å². The van der Waals surface area contributed by atoms with E-state index in [4.69, 9.17) is 9.47 Å². The average molecular weight is 383 g/mol. The second-order valence-corrected chi connectivity index (χ2v) is 6.70. The third-order valence-electron chi connectivity index (χ3n) is 4.79. The van der Waals surface area contributed by atoms with Crippen LogP contribution in [0.25, 0.3) is 0 Å². The number of aryl methyl sites for hydroxylation is 1. The Morgan fingerprint density at radius 3 is 2.46 bits per heavy atom. The first-order valence-corrected chi connectivity index (χ1v) is 9.19. The Morgan fingerprint density at radius 2 is 1.79 bits per heavy atom. The van der Waals surface area contributed by atoms with Gasteiger partial charge < -0.3 is 25.0 Å².